The third-order valence-corrected chi connectivity index (χ3v) is 5.51. The fourth-order valence-corrected chi connectivity index (χ4v) is 4.33. The molecule has 3 aromatic rings. The molecule has 0 unspecified atom stereocenters. The number of aryl methyl sites for hydroxylation is 1. The second kappa shape index (κ2) is 6.07. The smallest absolute Gasteiger partial charge is 0.259 e. The Kier molecular flexibility index (Phi) is 3.88. The van der Waals surface area contributed by atoms with Crippen LogP contribution in [0.25, 0.3) is 4.96 Å². The number of fused-ring (bicyclic) bond motifs is 3. The largest absolute Gasteiger partial charge is 0.366 e. The Morgan fingerprint density at radius 1 is 1.24 bits per heavy atom. The van der Waals surface area contributed by atoms with Crippen molar-refractivity contribution in [2.75, 3.05) is 11.4 Å². The van der Waals surface area contributed by atoms with Crippen LogP contribution in [-0.4, -0.2) is 21.7 Å². The van der Waals surface area contributed by atoms with E-state index >= 15 is 0 Å². The highest BCUT2D eigenvalue weighted by Gasteiger charge is 2.27. The highest BCUT2D eigenvalue weighted by Crippen LogP contribution is 2.29. The Bertz CT molecular complexity index is 1020. The molecule has 0 spiro atoms. The van der Waals surface area contributed by atoms with Crippen LogP contribution in [0.5, 0.6) is 0 Å². The molecule has 25 heavy (non-hydrogen) atoms. The van der Waals surface area contributed by atoms with E-state index in [1.807, 2.05) is 11.8 Å². The summed E-state index contributed by atoms with van der Waals surface area (Å²) in [7, 11) is 0. The van der Waals surface area contributed by atoms with Crippen LogP contribution in [0.4, 0.5) is 10.1 Å². The molecule has 4 rings (SSSR count). The predicted octanol–water partition coefficient (Wildman–Crippen LogP) is 3.05. The molecule has 0 fully saturated rings. The fraction of sp³-hybridized carbons (Fsp3) is 0.278. The molecule has 2 heterocycles. The summed E-state index contributed by atoms with van der Waals surface area (Å²) in [4.78, 5) is 32.6. The monoisotopic (exact) mass is 357 g/mol. The van der Waals surface area contributed by atoms with Crippen molar-refractivity contribution in [1.82, 2.24) is 9.38 Å². The molecule has 1 aliphatic rings. The van der Waals surface area contributed by atoms with Crippen LogP contribution in [0.1, 0.15) is 34.4 Å². The van der Waals surface area contributed by atoms with Crippen LogP contribution in [0.15, 0.2) is 35.1 Å². The van der Waals surface area contributed by atoms with E-state index in [0.717, 1.165) is 10.6 Å². The van der Waals surface area contributed by atoms with Gasteiger partial charge in [0.1, 0.15) is 11.5 Å². The van der Waals surface area contributed by atoms with Crippen molar-refractivity contribution in [1.29, 1.82) is 0 Å². The number of hydrogen-bond donors (Lipinski definition) is 0. The second-order valence-corrected chi connectivity index (χ2v) is 7.05. The van der Waals surface area contributed by atoms with Gasteiger partial charge in [0.25, 0.3) is 5.56 Å². The van der Waals surface area contributed by atoms with Gasteiger partial charge in [-0.2, -0.15) is 0 Å². The summed E-state index contributed by atoms with van der Waals surface area (Å²) in [6.07, 6.45) is 1.16. The lowest BCUT2D eigenvalue weighted by atomic mass is 10.2. The van der Waals surface area contributed by atoms with E-state index in [2.05, 4.69) is 4.98 Å². The van der Waals surface area contributed by atoms with Gasteiger partial charge < -0.3 is 4.90 Å². The standard InChI is InChI=1S/C18H16FN3O2S/c1-2-21(13-5-3-11(19)4-6-13)10-12-9-16(24)22-17-14(23)7-8-15(17)25-18(22)20-12/h3-6,9H,2,7-8,10H2,1H3. The zero-order valence-electron chi connectivity index (χ0n) is 13.7. The summed E-state index contributed by atoms with van der Waals surface area (Å²) < 4.78 is 14.6. The van der Waals surface area contributed by atoms with Gasteiger partial charge in [0, 0.05) is 29.6 Å². The van der Waals surface area contributed by atoms with Crippen molar-refractivity contribution < 1.29 is 9.18 Å². The van der Waals surface area contributed by atoms with Gasteiger partial charge in [0.2, 0.25) is 0 Å². The quantitative estimate of drug-likeness (QED) is 0.720. The molecule has 0 N–H and O–H groups in total. The third kappa shape index (κ3) is 2.74. The number of ketones is 1. The molecule has 0 bridgehead atoms. The van der Waals surface area contributed by atoms with Crippen molar-refractivity contribution >= 4 is 27.8 Å². The molecule has 0 saturated carbocycles. The Morgan fingerprint density at radius 3 is 2.72 bits per heavy atom. The third-order valence-electron chi connectivity index (χ3n) is 4.41. The zero-order chi connectivity index (χ0) is 17.6. The average molecular weight is 357 g/mol. The molecule has 0 amide bonds. The van der Waals surface area contributed by atoms with Crippen LogP contribution < -0.4 is 10.5 Å². The molecular weight excluding hydrogens is 341 g/mol. The number of anilines is 1. The van der Waals surface area contributed by atoms with Crippen molar-refractivity contribution in [2.24, 2.45) is 0 Å². The number of thiazole rings is 1. The van der Waals surface area contributed by atoms with Gasteiger partial charge in [-0.1, -0.05) is 0 Å². The topological polar surface area (TPSA) is 54.7 Å². The van der Waals surface area contributed by atoms with Crippen LogP contribution >= 0.6 is 11.3 Å². The predicted molar refractivity (Wildman–Crippen MR) is 95.1 cm³/mol. The molecule has 2 aromatic heterocycles. The summed E-state index contributed by atoms with van der Waals surface area (Å²) in [5.74, 6) is -0.269. The van der Waals surface area contributed by atoms with Crippen LogP contribution in [0, 0.1) is 5.82 Å². The summed E-state index contributed by atoms with van der Waals surface area (Å²) >= 11 is 1.41. The maximum absolute atomic E-state index is 13.1. The summed E-state index contributed by atoms with van der Waals surface area (Å²) in [5.41, 5.74) is 1.80. The summed E-state index contributed by atoms with van der Waals surface area (Å²) in [6, 6.07) is 7.74. The normalized spacial score (nSPS) is 13.4. The molecule has 5 nitrogen and oxygen atoms in total. The number of Topliss-reactive ketones (excluding diaryl/α,β-unsaturated/α-hetero) is 1. The highest BCUT2D eigenvalue weighted by molar-refractivity contribution is 7.17. The van der Waals surface area contributed by atoms with E-state index in [0.29, 0.717) is 42.3 Å². The summed E-state index contributed by atoms with van der Waals surface area (Å²) in [6.45, 7) is 3.14. The van der Waals surface area contributed by atoms with Crippen LogP contribution in [-0.2, 0) is 13.0 Å². The first-order valence-corrected chi connectivity index (χ1v) is 8.96. The van der Waals surface area contributed by atoms with E-state index in [1.54, 1.807) is 12.1 Å². The van der Waals surface area contributed by atoms with E-state index in [9.17, 15) is 14.0 Å². The number of nitrogens with zero attached hydrogens (tertiary/aromatic N) is 3. The minimum absolute atomic E-state index is 0.0133. The Balaban J connectivity index is 1.71. The number of hydrogen-bond acceptors (Lipinski definition) is 5. The molecule has 0 radical (unpaired) electrons. The second-order valence-electron chi connectivity index (χ2n) is 5.99. The van der Waals surface area contributed by atoms with Gasteiger partial charge in [-0.15, -0.1) is 11.3 Å². The summed E-state index contributed by atoms with van der Waals surface area (Å²) in [5, 5.41) is 0. The number of rotatable bonds is 4. The van der Waals surface area contributed by atoms with Crippen LogP contribution in [0.3, 0.4) is 0 Å². The maximum Gasteiger partial charge on any atom is 0.259 e. The molecule has 0 atom stereocenters. The molecular formula is C18H16FN3O2S. The number of aromatic nitrogens is 2. The van der Waals surface area contributed by atoms with Gasteiger partial charge in [-0.3, -0.25) is 9.59 Å². The van der Waals surface area contributed by atoms with Crippen molar-refractivity contribution in [3.63, 3.8) is 0 Å². The molecule has 1 aromatic carbocycles. The molecule has 1 aliphatic carbocycles. The van der Waals surface area contributed by atoms with E-state index in [1.165, 1.54) is 33.9 Å². The maximum atomic E-state index is 13.1. The van der Waals surface area contributed by atoms with Crippen molar-refractivity contribution in [3.05, 3.63) is 62.8 Å². The molecule has 128 valence electrons. The van der Waals surface area contributed by atoms with Gasteiger partial charge in [0.05, 0.1) is 12.2 Å². The lowest BCUT2D eigenvalue weighted by Crippen LogP contribution is -2.25. The highest BCUT2D eigenvalue weighted by atomic mass is 32.1. The molecule has 7 heteroatoms. The minimum atomic E-state index is -0.282. The Morgan fingerprint density at radius 2 is 2.00 bits per heavy atom. The number of carbonyl (C=O) groups is 1. The number of carbonyl (C=O) groups excluding carboxylic acids is 1. The Labute approximate surface area is 147 Å². The van der Waals surface area contributed by atoms with E-state index in [4.69, 9.17) is 0 Å². The van der Waals surface area contributed by atoms with Gasteiger partial charge in [-0.25, -0.2) is 13.8 Å². The van der Waals surface area contributed by atoms with Gasteiger partial charge in [0.15, 0.2) is 10.7 Å². The van der Waals surface area contributed by atoms with E-state index < -0.39 is 0 Å². The lowest BCUT2D eigenvalue weighted by Gasteiger charge is -2.22. The molecule has 0 aliphatic heterocycles. The SMILES string of the molecule is CCN(Cc1cc(=O)n2c3c(sc2n1)CCC3=O)c1ccc(F)cc1. The van der Waals surface area contributed by atoms with Gasteiger partial charge in [-0.05, 0) is 37.6 Å². The van der Waals surface area contributed by atoms with Crippen molar-refractivity contribution in [2.45, 2.75) is 26.3 Å². The van der Waals surface area contributed by atoms with Crippen LogP contribution in [0.2, 0.25) is 0 Å². The zero-order valence-corrected chi connectivity index (χ0v) is 14.5. The lowest BCUT2D eigenvalue weighted by molar-refractivity contribution is 0.0989. The number of benzene rings is 1. The Hall–Kier alpha value is -2.54. The van der Waals surface area contributed by atoms with Gasteiger partial charge >= 0.3 is 0 Å². The first-order valence-electron chi connectivity index (χ1n) is 8.15. The minimum Gasteiger partial charge on any atom is -0.366 e. The fourth-order valence-electron chi connectivity index (χ4n) is 3.17. The average Bonchev–Trinajstić information content (AvgIpc) is 3.13. The molecule has 0 saturated heterocycles. The first-order chi connectivity index (χ1) is 12.1. The van der Waals surface area contributed by atoms with Crippen molar-refractivity contribution in [3.8, 4) is 0 Å². The van der Waals surface area contributed by atoms with E-state index in [-0.39, 0.29) is 17.2 Å². The number of halogens is 1. The first kappa shape index (κ1) is 16.0.